The van der Waals surface area contributed by atoms with Crippen LogP contribution in [-0.4, -0.2) is 53.0 Å². The number of carbonyl (C=O) groups excluding carboxylic acids is 4. The van der Waals surface area contributed by atoms with Crippen LogP contribution in [0.3, 0.4) is 0 Å². The zero-order valence-corrected chi connectivity index (χ0v) is 27.6. The highest BCUT2D eigenvalue weighted by atomic mass is 16.6. The molecule has 46 heavy (non-hydrogen) atoms. The minimum atomic E-state index is -0.981. The normalized spacial score (nSPS) is 12.6. The molecule has 9 heteroatoms. The molecule has 3 aromatic rings. The molecule has 0 heterocycles. The van der Waals surface area contributed by atoms with Crippen LogP contribution < -0.4 is 11.1 Å². The SMILES string of the molecule is CCCCCN(C(=O)[C@H](CCCC(=O)OCc1ccccc1)NC(=O)OC(C)(C)C)[C@H](CC(N)=O)Cc1ccc2ccccc2c1. The highest BCUT2D eigenvalue weighted by Crippen LogP contribution is 2.21. The van der Waals surface area contributed by atoms with Gasteiger partial charge in [-0.05, 0) is 68.4 Å². The summed E-state index contributed by atoms with van der Waals surface area (Å²) in [5.41, 5.74) is 6.80. The van der Waals surface area contributed by atoms with Gasteiger partial charge in [-0.3, -0.25) is 14.4 Å². The molecule has 0 aromatic heterocycles. The van der Waals surface area contributed by atoms with Crippen molar-refractivity contribution in [2.75, 3.05) is 6.54 Å². The molecule has 0 aliphatic carbocycles. The summed E-state index contributed by atoms with van der Waals surface area (Å²) in [7, 11) is 0. The molecule has 0 spiro atoms. The predicted molar refractivity (Wildman–Crippen MR) is 180 cm³/mol. The van der Waals surface area contributed by atoms with Crippen molar-refractivity contribution in [2.45, 2.75) is 103 Å². The summed E-state index contributed by atoms with van der Waals surface area (Å²) in [5.74, 6) is -1.25. The summed E-state index contributed by atoms with van der Waals surface area (Å²) < 4.78 is 10.9. The summed E-state index contributed by atoms with van der Waals surface area (Å²) in [5, 5.41) is 4.91. The number of benzene rings is 3. The van der Waals surface area contributed by atoms with Crippen molar-refractivity contribution in [3.05, 3.63) is 83.9 Å². The van der Waals surface area contributed by atoms with E-state index in [1.54, 1.807) is 25.7 Å². The van der Waals surface area contributed by atoms with Crippen LogP contribution in [0.25, 0.3) is 10.8 Å². The third kappa shape index (κ3) is 12.5. The molecule has 0 radical (unpaired) electrons. The summed E-state index contributed by atoms with van der Waals surface area (Å²) >= 11 is 0. The number of fused-ring (bicyclic) bond motifs is 1. The molecule has 3 amide bonds. The smallest absolute Gasteiger partial charge is 0.408 e. The Hall–Kier alpha value is -4.40. The van der Waals surface area contributed by atoms with Gasteiger partial charge in [0.2, 0.25) is 11.8 Å². The maximum Gasteiger partial charge on any atom is 0.408 e. The number of esters is 1. The Morgan fingerprint density at radius 1 is 0.870 bits per heavy atom. The first-order valence-electron chi connectivity index (χ1n) is 16.2. The molecule has 248 valence electrons. The first kappa shape index (κ1) is 36.1. The predicted octanol–water partition coefficient (Wildman–Crippen LogP) is 6.45. The van der Waals surface area contributed by atoms with E-state index in [1.807, 2.05) is 66.7 Å². The zero-order chi connectivity index (χ0) is 33.5. The Balaban J connectivity index is 1.82. The fraction of sp³-hybridized carbons (Fsp3) is 0.459. The quantitative estimate of drug-likeness (QED) is 0.130. The summed E-state index contributed by atoms with van der Waals surface area (Å²) in [6, 6.07) is 22.0. The van der Waals surface area contributed by atoms with Gasteiger partial charge in [0.05, 0.1) is 0 Å². The molecule has 0 saturated heterocycles. The van der Waals surface area contributed by atoms with E-state index in [2.05, 4.69) is 18.3 Å². The van der Waals surface area contributed by atoms with E-state index in [1.165, 1.54) is 0 Å². The maximum absolute atomic E-state index is 14.3. The average molecular weight is 632 g/mol. The molecule has 0 saturated carbocycles. The van der Waals surface area contributed by atoms with Crippen LogP contribution >= 0.6 is 0 Å². The van der Waals surface area contributed by atoms with Gasteiger partial charge in [0, 0.05) is 25.4 Å². The van der Waals surface area contributed by atoms with E-state index in [0.717, 1.165) is 41.2 Å². The van der Waals surface area contributed by atoms with Crippen molar-refractivity contribution >= 4 is 34.6 Å². The van der Waals surface area contributed by atoms with Crippen LogP contribution in [0.4, 0.5) is 4.79 Å². The third-order valence-electron chi connectivity index (χ3n) is 7.55. The maximum atomic E-state index is 14.3. The molecule has 0 bridgehead atoms. The molecule has 3 N–H and O–H groups in total. The number of nitrogens with zero attached hydrogens (tertiary/aromatic N) is 1. The lowest BCUT2D eigenvalue weighted by molar-refractivity contribution is -0.145. The fourth-order valence-corrected chi connectivity index (χ4v) is 5.34. The van der Waals surface area contributed by atoms with Crippen molar-refractivity contribution in [3.8, 4) is 0 Å². The van der Waals surface area contributed by atoms with E-state index in [0.29, 0.717) is 19.4 Å². The van der Waals surface area contributed by atoms with Crippen LogP contribution in [0.5, 0.6) is 0 Å². The molecule has 0 aliphatic heterocycles. The summed E-state index contributed by atoms with van der Waals surface area (Å²) in [6.07, 6.45) is 2.76. The van der Waals surface area contributed by atoms with Crippen LogP contribution in [0, 0.1) is 0 Å². The number of alkyl carbamates (subject to hydrolysis) is 1. The van der Waals surface area contributed by atoms with Crippen LogP contribution in [-0.2, 0) is 36.9 Å². The van der Waals surface area contributed by atoms with Gasteiger partial charge in [-0.15, -0.1) is 0 Å². The van der Waals surface area contributed by atoms with Gasteiger partial charge >= 0.3 is 12.1 Å². The Labute approximate surface area is 272 Å². The van der Waals surface area contributed by atoms with Gasteiger partial charge in [0.1, 0.15) is 18.2 Å². The first-order chi connectivity index (χ1) is 21.9. The lowest BCUT2D eigenvalue weighted by Crippen LogP contribution is -2.54. The van der Waals surface area contributed by atoms with Crippen LogP contribution in [0.2, 0.25) is 0 Å². The number of amides is 3. The molecule has 3 rings (SSSR count). The van der Waals surface area contributed by atoms with Gasteiger partial charge in [0.25, 0.3) is 0 Å². The van der Waals surface area contributed by atoms with E-state index in [-0.39, 0.29) is 31.8 Å². The molecule has 0 unspecified atom stereocenters. The monoisotopic (exact) mass is 631 g/mol. The van der Waals surface area contributed by atoms with E-state index in [4.69, 9.17) is 15.2 Å². The Morgan fingerprint density at radius 3 is 2.24 bits per heavy atom. The van der Waals surface area contributed by atoms with Crippen molar-refractivity contribution in [2.24, 2.45) is 5.73 Å². The van der Waals surface area contributed by atoms with Gasteiger partial charge in [-0.1, -0.05) is 92.6 Å². The standard InChI is InChI=1S/C37H49N3O6/c1-5-6-12-22-40(31(25-33(38)41)24-28-20-21-29-16-10-11-17-30(29)23-28)35(43)32(39-36(44)46-37(2,3)4)18-13-19-34(42)45-26-27-14-8-7-9-15-27/h7-11,14-17,20-21,23,31-32H,5-6,12-13,18-19,22,24-26H2,1-4H3,(H2,38,41)(H,39,44)/t31-,32-/m0/s1. The number of unbranched alkanes of at least 4 members (excludes halogenated alkanes) is 2. The van der Waals surface area contributed by atoms with Crippen molar-refractivity contribution in [1.29, 1.82) is 0 Å². The number of carbonyl (C=O) groups is 4. The molecule has 0 aliphatic rings. The van der Waals surface area contributed by atoms with Gasteiger partial charge in [-0.25, -0.2) is 4.79 Å². The van der Waals surface area contributed by atoms with Gasteiger partial charge < -0.3 is 25.4 Å². The second-order valence-electron chi connectivity index (χ2n) is 12.7. The summed E-state index contributed by atoms with van der Waals surface area (Å²) in [4.78, 5) is 53.8. The Morgan fingerprint density at radius 2 is 1.57 bits per heavy atom. The van der Waals surface area contributed by atoms with E-state index >= 15 is 0 Å². The highest BCUT2D eigenvalue weighted by molar-refractivity contribution is 5.87. The number of ether oxygens (including phenoxy) is 2. The topological polar surface area (TPSA) is 128 Å². The number of hydrogen-bond acceptors (Lipinski definition) is 6. The lowest BCUT2D eigenvalue weighted by Gasteiger charge is -2.35. The number of nitrogens with two attached hydrogens (primary N) is 1. The molecule has 9 nitrogen and oxygen atoms in total. The van der Waals surface area contributed by atoms with Crippen LogP contribution in [0.1, 0.15) is 83.8 Å². The first-order valence-corrected chi connectivity index (χ1v) is 16.2. The minimum absolute atomic E-state index is 0.0321. The molecule has 3 aromatic carbocycles. The number of hydrogen-bond donors (Lipinski definition) is 2. The number of rotatable bonds is 17. The molecular formula is C37H49N3O6. The molecule has 0 fully saturated rings. The molecular weight excluding hydrogens is 582 g/mol. The largest absolute Gasteiger partial charge is 0.461 e. The minimum Gasteiger partial charge on any atom is -0.461 e. The second kappa shape index (κ2) is 17.9. The Bertz CT molecular complexity index is 1440. The van der Waals surface area contributed by atoms with E-state index < -0.39 is 35.7 Å². The second-order valence-corrected chi connectivity index (χ2v) is 12.7. The molecule has 2 atom stereocenters. The highest BCUT2D eigenvalue weighted by Gasteiger charge is 2.32. The third-order valence-corrected chi connectivity index (χ3v) is 7.55. The lowest BCUT2D eigenvalue weighted by atomic mass is 9.97. The van der Waals surface area contributed by atoms with Gasteiger partial charge in [-0.2, -0.15) is 0 Å². The van der Waals surface area contributed by atoms with Gasteiger partial charge in [0.15, 0.2) is 0 Å². The Kier molecular flexibility index (Phi) is 14.1. The fourth-order valence-electron chi connectivity index (χ4n) is 5.34. The number of primary amides is 1. The van der Waals surface area contributed by atoms with Crippen LogP contribution in [0.15, 0.2) is 72.8 Å². The van der Waals surface area contributed by atoms with E-state index in [9.17, 15) is 19.2 Å². The van der Waals surface area contributed by atoms with Crippen molar-refractivity contribution in [1.82, 2.24) is 10.2 Å². The van der Waals surface area contributed by atoms with Crippen molar-refractivity contribution < 1.29 is 28.7 Å². The summed E-state index contributed by atoms with van der Waals surface area (Å²) in [6.45, 7) is 7.86. The zero-order valence-electron chi connectivity index (χ0n) is 27.6. The average Bonchev–Trinajstić information content (AvgIpc) is 3.00. The van der Waals surface area contributed by atoms with Crippen molar-refractivity contribution in [3.63, 3.8) is 0 Å². The number of nitrogens with one attached hydrogen (secondary N) is 1.